The Morgan fingerprint density at radius 3 is 2.25 bits per heavy atom. The minimum atomic E-state index is -0.0996. The molecular formula is C17H24N2O. The lowest BCUT2D eigenvalue weighted by Gasteiger charge is -2.22. The number of rotatable bonds is 7. The Bertz CT molecular complexity index is 439. The van der Waals surface area contributed by atoms with Crippen molar-refractivity contribution in [3.05, 3.63) is 35.9 Å². The van der Waals surface area contributed by atoms with Crippen LogP contribution >= 0.6 is 0 Å². The molecule has 1 aromatic carbocycles. The van der Waals surface area contributed by atoms with E-state index in [0.29, 0.717) is 12.6 Å². The molecule has 1 unspecified atom stereocenters. The Labute approximate surface area is 120 Å². The van der Waals surface area contributed by atoms with Crippen molar-refractivity contribution in [3.63, 3.8) is 0 Å². The van der Waals surface area contributed by atoms with E-state index in [1.807, 2.05) is 18.2 Å². The molecule has 2 aliphatic carbocycles. The summed E-state index contributed by atoms with van der Waals surface area (Å²) < 4.78 is 0. The van der Waals surface area contributed by atoms with Crippen LogP contribution in [0.4, 0.5) is 0 Å². The quantitative estimate of drug-likeness (QED) is 0.798. The zero-order chi connectivity index (χ0) is 13.9. The molecule has 3 rings (SSSR count). The summed E-state index contributed by atoms with van der Waals surface area (Å²) in [6.07, 6.45) is 5.88. The molecule has 2 aliphatic rings. The van der Waals surface area contributed by atoms with Crippen molar-refractivity contribution in [1.82, 2.24) is 5.32 Å². The van der Waals surface area contributed by atoms with E-state index < -0.39 is 0 Å². The van der Waals surface area contributed by atoms with Crippen LogP contribution in [-0.4, -0.2) is 18.5 Å². The fourth-order valence-electron chi connectivity index (χ4n) is 3.00. The highest BCUT2D eigenvalue weighted by Crippen LogP contribution is 2.44. The fraction of sp³-hybridized carbons (Fsp3) is 0.588. The van der Waals surface area contributed by atoms with Gasteiger partial charge >= 0.3 is 0 Å². The van der Waals surface area contributed by atoms with Crippen LogP contribution < -0.4 is 11.1 Å². The Hall–Kier alpha value is -1.35. The molecule has 0 aliphatic heterocycles. The van der Waals surface area contributed by atoms with Gasteiger partial charge in [-0.1, -0.05) is 30.3 Å². The predicted molar refractivity (Wildman–Crippen MR) is 80.1 cm³/mol. The molecule has 20 heavy (non-hydrogen) atoms. The maximum Gasteiger partial charge on any atom is 0.224 e. The van der Waals surface area contributed by atoms with E-state index in [4.69, 9.17) is 5.73 Å². The summed E-state index contributed by atoms with van der Waals surface area (Å²) in [5.41, 5.74) is 7.01. The molecular weight excluding hydrogens is 248 g/mol. The third kappa shape index (κ3) is 3.40. The maximum atomic E-state index is 12.5. The number of carbonyl (C=O) groups excluding carboxylic acids is 1. The van der Waals surface area contributed by atoms with Crippen molar-refractivity contribution in [2.24, 2.45) is 23.5 Å². The summed E-state index contributed by atoms with van der Waals surface area (Å²) in [5.74, 6) is 1.53. The third-order valence-electron chi connectivity index (χ3n) is 4.55. The number of hydrogen-bond donors (Lipinski definition) is 2. The first-order valence-electron chi connectivity index (χ1n) is 7.82. The highest BCUT2D eigenvalue weighted by Gasteiger charge is 2.42. The molecule has 0 saturated heterocycles. The first-order valence-corrected chi connectivity index (χ1v) is 7.82. The Morgan fingerprint density at radius 2 is 1.75 bits per heavy atom. The number of nitrogens with one attached hydrogen (secondary N) is 1. The number of hydrogen-bond acceptors (Lipinski definition) is 2. The van der Waals surface area contributed by atoms with Gasteiger partial charge in [0.25, 0.3) is 0 Å². The van der Waals surface area contributed by atoms with Gasteiger partial charge in [0.15, 0.2) is 0 Å². The molecule has 3 heteroatoms. The number of benzene rings is 1. The van der Waals surface area contributed by atoms with E-state index in [-0.39, 0.29) is 11.8 Å². The van der Waals surface area contributed by atoms with Crippen LogP contribution in [0.5, 0.6) is 0 Å². The topological polar surface area (TPSA) is 55.1 Å². The second-order valence-electron chi connectivity index (χ2n) is 6.33. The van der Waals surface area contributed by atoms with Gasteiger partial charge in [-0.15, -0.1) is 0 Å². The average Bonchev–Trinajstić information content (AvgIpc) is 3.36. The van der Waals surface area contributed by atoms with Gasteiger partial charge in [-0.25, -0.2) is 0 Å². The largest absolute Gasteiger partial charge is 0.353 e. The highest BCUT2D eigenvalue weighted by molar-refractivity contribution is 5.79. The van der Waals surface area contributed by atoms with Gasteiger partial charge < -0.3 is 11.1 Å². The first kappa shape index (κ1) is 13.6. The maximum absolute atomic E-state index is 12.5. The van der Waals surface area contributed by atoms with Crippen molar-refractivity contribution < 1.29 is 4.79 Å². The van der Waals surface area contributed by atoms with Crippen molar-refractivity contribution >= 4 is 5.91 Å². The molecule has 0 heterocycles. The second-order valence-corrected chi connectivity index (χ2v) is 6.33. The van der Waals surface area contributed by atoms with E-state index in [9.17, 15) is 4.79 Å². The van der Waals surface area contributed by atoms with Crippen molar-refractivity contribution in [1.29, 1.82) is 0 Å². The van der Waals surface area contributed by atoms with Gasteiger partial charge in [0, 0.05) is 12.6 Å². The van der Waals surface area contributed by atoms with Gasteiger partial charge in [0.05, 0.1) is 5.92 Å². The summed E-state index contributed by atoms with van der Waals surface area (Å²) in [6, 6.07) is 10.6. The van der Waals surface area contributed by atoms with Gasteiger partial charge in [-0.2, -0.15) is 0 Å². The minimum Gasteiger partial charge on any atom is -0.353 e. The number of amides is 1. The van der Waals surface area contributed by atoms with E-state index in [1.165, 1.54) is 31.2 Å². The van der Waals surface area contributed by atoms with Crippen molar-refractivity contribution in [2.45, 2.75) is 38.1 Å². The minimum absolute atomic E-state index is 0.0996. The van der Waals surface area contributed by atoms with E-state index in [0.717, 1.165) is 18.3 Å². The molecule has 3 N–H and O–H groups in total. The monoisotopic (exact) mass is 272 g/mol. The van der Waals surface area contributed by atoms with Crippen molar-refractivity contribution in [2.75, 3.05) is 6.54 Å². The lowest BCUT2D eigenvalue weighted by atomic mass is 9.97. The van der Waals surface area contributed by atoms with E-state index in [2.05, 4.69) is 17.4 Å². The molecule has 0 radical (unpaired) electrons. The first-order chi connectivity index (χ1) is 9.78. The van der Waals surface area contributed by atoms with Crippen LogP contribution in [0.2, 0.25) is 0 Å². The molecule has 1 amide bonds. The molecule has 1 aromatic rings. The van der Waals surface area contributed by atoms with E-state index >= 15 is 0 Å². The van der Waals surface area contributed by atoms with Gasteiger partial charge in [0.2, 0.25) is 5.91 Å². The van der Waals surface area contributed by atoms with Crippen LogP contribution in [0.1, 0.15) is 31.2 Å². The Morgan fingerprint density at radius 1 is 1.15 bits per heavy atom. The average molecular weight is 272 g/mol. The summed E-state index contributed by atoms with van der Waals surface area (Å²) in [6.45, 7) is 0.419. The SMILES string of the molecule is NCC(Cc1ccccc1)C(=O)NC(C1CC1)C1CC1. The fourth-order valence-corrected chi connectivity index (χ4v) is 3.00. The van der Waals surface area contributed by atoms with E-state index in [1.54, 1.807) is 0 Å². The van der Waals surface area contributed by atoms with Crippen LogP contribution in [0.15, 0.2) is 30.3 Å². The summed E-state index contributed by atoms with van der Waals surface area (Å²) >= 11 is 0. The van der Waals surface area contributed by atoms with Gasteiger partial charge in [-0.3, -0.25) is 4.79 Å². The summed E-state index contributed by atoms with van der Waals surface area (Å²) in [4.78, 5) is 12.5. The molecule has 0 aromatic heterocycles. The Balaban J connectivity index is 1.58. The van der Waals surface area contributed by atoms with Crippen molar-refractivity contribution in [3.8, 4) is 0 Å². The zero-order valence-corrected chi connectivity index (χ0v) is 11.9. The standard InChI is InChI=1S/C17H24N2O/c18-11-15(10-12-4-2-1-3-5-12)17(20)19-16(13-6-7-13)14-8-9-14/h1-5,13-16H,6-11,18H2,(H,19,20). The molecule has 1 atom stereocenters. The van der Waals surface area contributed by atoms with Crippen LogP contribution in [-0.2, 0) is 11.2 Å². The van der Waals surface area contributed by atoms with Gasteiger partial charge in [0.1, 0.15) is 0 Å². The number of nitrogens with two attached hydrogens (primary N) is 1. The van der Waals surface area contributed by atoms with Crippen LogP contribution in [0.25, 0.3) is 0 Å². The van der Waals surface area contributed by atoms with Crippen LogP contribution in [0, 0.1) is 17.8 Å². The normalized spacial score (nSPS) is 19.9. The smallest absolute Gasteiger partial charge is 0.224 e. The summed E-state index contributed by atoms with van der Waals surface area (Å²) in [5, 5.41) is 3.29. The molecule has 0 spiro atoms. The highest BCUT2D eigenvalue weighted by atomic mass is 16.2. The molecule has 0 bridgehead atoms. The molecule has 2 saturated carbocycles. The number of carbonyl (C=O) groups is 1. The predicted octanol–water partition coefficient (Wildman–Crippen LogP) is 2.11. The second kappa shape index (κ2) is 5.96. The van der Waals surface area contributed by atoms with Crippen LogP contribution in [0.3, 0.4) is 0 Å². The lowest BCUT2D eigenvalue weighted by Crippen LogP contribution is -2.44. The lowest BCUT2D eigenvalue weighted by molar-refractivity contribution is -0.125. The third-order valence-corrected chi connectivity index (χ3v) is 4.55. The molecule has 2 fully saturated rings. The zero-order valence-electron chi connectivity index (χ0n) is 11.9. The molecule has 108 valence electrons. The summed E-state index contributed by atoms with van der Waals surface area (Å²) in [7, 11) is 0. The Kier molecular flexibility index (Phi) is 4.06. The molecule has 3 nitrogen and oxygen atoms in total. The van der Waals surface area contributed by atoms with Gasteiger partial charge in [-0.05, 0) is 49.5 Å².